The molecule has 1 unspecified atom stereocenters. The number of pyridine rings is 1. The number of benzene rings is 1. The lowest BCUT2D eigenvalue weighted by Gasteiger charge is -2.16. The average Bonchev–Trinajstić information content (AvgIpc) is 2.36. The zero-order chi connectivity index (χ0) is 13.0. The number of nitrogens with one attached hydrogen (secondary N) is 1. The summed E-state index contributed by atoms with van der Waals surface area (Å²) in [5.74, 6) is 0. The second-order valence-electron chi connectivity index (χ2n) is 4.55. The molecule has 2 rings (SSSR count). The Kier molecular flexibility index (Phi) is 3.99. The van der Waals surface area contributed by atoms with Gasteiger partial charge in [-0.3, -0.25) is 4.98 Å². The Morgan fingerprint density at radius 1 is 1.39 bits per heavy atom. The lowest BCUT2D eigenvalue weighted by molar-refractivity contribution is 0.282. The first-order chi connectivity index (χ1) is 8.70. The van der Waals surface area contributed by atoms with Crippen molar-refractivity contribution >= 4 is 22.3 Å². The number of anilines is 2. The molecule has 2 aromatic rings. The van der Waals surface area contributed by atoms with E-state index in [1.54, 1.807) is 6.20 Å². The molecule has 0 fully saturated rings. The highest BCUT2D eigenvalue weighted by molar-refractivity contribution is 5.92. The minimum Gasteiger partial charge on any atom is -0.399 e. The summed E-state index contributed by atoms with van der Waals surface area (Å²) in [6, 6.07) is 8.03. The number of aliphatic hydroxyl groups excluding tert-OH is 1. The van der Waals surface area contributed by atoms with Crippen LogP contribution in [0.25, 0.3) is 10.9 Å². The van der Waals surface area contributed by atoms with E-state index in [1.165, 1.54) is 0 Å². The smallest absolute Gasteiger partial charge is 0.0743 e. The van der Waals surface area contributed by atoms with Gasteiger partial charge in [0.15, 0.2) is 0 Å². The van der Waals surface area contributed by atoms with Crippen LogP contribution in [0, 0.1) is 0 Å². The van der Waals surface area contributed by atoms with Gasteiger partial charge >= 0.3 is 0 Å². The molecule has 0 radical (unpaired) electrons. The van der Waals surface area contributed by atoms with Gasteiger partial charge in [0.1, 0.15) is 0 Å². The standard InChI is InChI=1S/C14H19N3O/c1-10(3-2-8-18)17-13-6-7-16-14-9-11(15)4-5-12(13)14/h4-7,9-10,18H,2-3,8,15H2,1H3,(H,16,17). The molecule has 4 nitrogen and oxygen atoms in total. The van der Waals surface area contributed by atoms with Gasteiger partial charge in [-0.05, 0) is 44.0 Å². The van der Waals surface area contributed by atoms with Crippen LogP contribution < -0.4 is 11.1 Å². The molecule has 1 aromatic carbocycles. The van der Waals surface area contributed by atoms with Crippen molar-refractivity contribution in [3.63, 3.8) is 0 Å². The third-order valence-corrected chi connectivity index (χ3v) is 2.96. The van der Waals surface area contributed by atoms with Crippen LogP contribution in [-0.4, -0.2) is 22.7 Å². The fraction of sp³-hybridized carbons (Fsp3) is 0.357. The maximum absolute atomic E-state index is 8.83. The number of aromatic nitrogens is 1. The normalized spacial score (nSPS) is 12.6. The monoisotopic (exact) mass is 245 g/mol. The number of hydrogen-bond donors (Lipinski definition) is 3. The Balaban J connectivity index is 2.22. The maximum atomic E-state index is 8.83. The number of nitrogen functional groups attached to an aromatic ring is 1. The van der Waals surface area contributed by atoms with Gasteiger partial charge < -0.3 is 16.2 Å². The van der Waals surface area contributed by atoms with Gasteiger partial charge in [0.05, 0.1) is 5.52 Å². The first kappa shape index (κ1) is 12.6. The predicted octanol–water partition coefficient (Wildman–Crippen LogP) is 2.39. The minimum atomic E-state index is 0.236. The first-order valence-electron chi connectivity index (χ1n) is 6.22. The molecule has 1 heterocycles. The molecule has 0 spiro atoms. The highest BCUT2D eigenvalue weighted by Crippen LogP contribution is 2.24. The van der Waals surface area contributed by atoms with E-state index in [2.05, 4.69) is 17.2 Å². The van der Waals surface area contributed by atoms with Gasteiger partial charge in [0.2, 0.25) is 0 Å². The van der Waals surface area contributed by atoms with E-state index in [0.717, 1.165) is 35.1 Å². The number of nitrogens with two attached hydrogens (primary N) is 1. The van der Waals surface area contributed by atoms with E-state index in [1.807, 2.05) is 24.3 Å². The molecule has 4 heteroatoms. The van der Waals surface area contributed by atoms with Crippen molar-refractivity contribution in [2.75, 3.05) is 17.7 Å². The van der Waals surface area contributed by atoms with Crippen LogP contribution in [0.15, 0.2) is 30.5 Å². The van der Waals surface area contributed by atoms with Crippen LogP contribution in [-0.2, 0) is 0 Å². The van der Waals surface area contributed by atoms with Crippen LogP contribution in [0.3, 0.4) is 0 Å². The molecule has 0 saturated carbocycles. The Morgan fingerprint density at radius 3 is 3.00 bits per heavy atom. The maximum Gasteiger partial charge on any atom is 0.0743 e. The lowest BCUT2D eigenvalue weighted by atomic mass is 10.1. The molecule has 96 valence electrons. The summed E-state index contributed by atoms with van der Waals surface area (Å²) in [7, 11) is 0. The Hall–Kier alpha value is -1.81. The molecule has 0 aliphatic heterocycles. The van der Waals surface area contributed by atoms with Gasteiger partial charge in [0, 0.05) is 35.6 Å². The molecular formula is C14H19N3O. The van der Waals surface area contributed by atoms with Gasteiger partial charge in [-0.1, -0.05) is 0 Å². The van der Waals surface area contributed by atoms with E-state index >= 15 is 0 Å². The molecule has 4 N–H and O–H groups in total. The van der Waals surface area contributed by atoms with Crippen molar-refractivity contribution in [2.45, 2.75) is 25.8 Å². The molecule has 0 amide bonds. The fourth-order valence-electron chi connectivity index (χ4n) is 2.03. The number of nitrogens with zero attached hydrogens (tertiary/aromatic N) is 1. The molecule has 1 aromatic heterocycles. The summed E-state index contributed by atoms with van der Waals surface area (Å²) in [6.07, 6.45) is 3.53. The van der Waals surface area contributed by atoms with Gasteiger partial charge in [0.25, 0.3) is 0 Å². The van der Waals surface area contributed by atoms with Crippen molar-refractivity contribution in [1.82, 2.24) is 4.98 Å². The van der Waals surface area contributed by atoms with Gasteiger partial charge in [-0.25, -0.2) is 0 Å². The van der Waals surface area contributed by atoms with Crippen molar-refractivity contribution in [2.24, 2.45) is 0 Å². The van der Waals surface area contributed by atoms with Crippen molar-refractivity contribution in [3.05, 3.63) is 30.5 Å². The number of hydrogen-bond acceptors (Lipinski definition) is 4. The van der Waals surface area contributed by atoms with E-state index in [4.69, 9.17) is 10.8 Å². The van der Waals surface area contributed by atoms with Crippen LogP contribution in [0.5, 0.6) is 0 Å². The summed E-state index contributed by atoms with van der Waals surface area (Å²) >= 11 is 0. The molecule has 0 aliphatic carbocycles. The largest absolute Gasteiger partial charge is 0.399 e. The zero-order valence-electron chi connectivity index (χ0n) is 10.6. The third kappa shape index (κ3) is 2.90. The van der Waals surface area contributed by atoms with Crippen LogP contribution in [0.1, 0.15) is 19.8 Å². The summed E-state index contributed by atoms with van der Waals surface area (Å²) < 4.78 is 0. The fourth-order valence-corrected chi connectivity index (χ4v) is 2.03. The average molecular weight is 245 g/mol. The molecular weight excluding hydrogens is 226 g/mol. The molecule has 0 aliphatic rings. The minimum absolute atomic E-state index is 0.236. The number of aliphatic hydroxyl groups is 1. The van der Waals surface area contributed by atoms with Crippen molar-refractivity contribution < 1.29 is 5.11 Å². The van der Waals surface area contributed by atoms with Gasteiger partial charge in [-0.15, -0.1) is 0 Å². The van der Waals surface area contributed by atoms with Crippen LogP contribution in [0.2, 0.25) is 0 Å². The lowest BCUT2D eigenvalue weighted by Crippen LogP contribution is -2.15. The summed E-state index contributed by atoms with van der Waals surface area (Å²) in [5, 5.41) is 13.4. The van der Waals surface area contributed by atoms with Crippen LogP contribution >= 0.6 is 0 Å². The topological polar surface area (TPSA) is 71.2 Å². The van der Waals surface area contributed by atoms with E-state index < -0.39 is 0 Å². The summed E-state index contributed by atoms with van der Waals surface area (Å²) in [4.78, 5) is 4.31. The highest BCUT2D eigenvalue weighted by atomic mass is 16.2. The molecule has 1 atom stereocenters. The predicted molar refractivity (Wildman–Crippen MR) is 75.6 cm³/mol. The van der Waals surface area contributed by atoms with Crippen LogP contribution in [0.4, 0.5) is 11.4 Å². The van der Waals surface area contributed by atoms with Gasteiger partial charge in [-0.2, -0.15) is 0 Å². The number of fused-ring (bicyclic) bond motifs is 1. The van der Waals surface area contributed by atoms with Crippen molar-refractivity contribution in [3.8, 4) is 0 Å². The zero-order valence-corrected chi connectivity index (χ0v) is 10.6. The summed E-state index contributed by atoms with van der Waals surface area (Å²) in [6.45, 7) is 2.35. The summed E-state index contributed by atoms with van der Waals surface area (Å²) in [5.41, 5.74) is 8.43. The molecule has 0 bridgehead atoms. The van der Waals surface area contributed by atoms with E-state index in [9.17, 15) is 0 Å². The third-order valence-electron chi connectivity index (χ3n) is 2.96. The molecule has 0 saturated heterocycles. The Bertz CT molecular complexity index is 527. The number of rotatable bonds is 5. The first-order valence-corrected chi connectivity index (χ1v) is 6.22. The van der Waals surface area contributed by atoms with Crippen molar-refractivity contribution in [1.29, 1.82) is 0 Å². The highest BCUT2D eigenvalue weighted by Gasteiger charge is 2.06. The quantitative estimate of drug-likeness (QED) is 0.707. The Morgan fingerprint density at radius 2 is 2.22 bits per heavy atom. The van der Waals surface area contributed by atoms with E-state index in [0.29, 0.717) is 6.04 Å². The second kappa shape index (κ2) is 5.69. The Labute approximate surface area is 107 Å². The second-order valence-corrected chi connectivity index (χ2v) is 4.55. The van der Waals surface area contributed by atoms with E-state index in [-0.39, 0.29) is 6.61 Å². The SMILES string of the molecule is CC(CCCO)Nc1ccnc2cc(N)ccc12. The molecule has 18 heavy (non-hydrogen) atoms.